The summed E-state index contributed by atoms with van der Waals surface area (Å²) >= 11 is 0. The maximum atomic E-state index is 5.90. The van der Waals surface area contributed by atoms with Crippen LogP contribution >= 0.6 is 0 Å². The van der Waals surface area contributed by atoms with Crippen molar-refractivity contribution < 1.29 is 0 Å². The Balaban J connectivity index is 2.05. The van der Waals surface area contributed by atoms with E-state index in [0.29, 0.717) is 12.1 Å². The average Bonchev–Trinajstić information content (AvgIpc) is 2.65. The second kappa shape index (κ2) is 4.11. The highest BCUT2D eigenvalue weighted by atomic mass is 15.2. The van der Waals surface area contributed by atoms with E-state index in [-0.39, 0.29) is 0 Å². The molecule has 0 unspecified atom stereocenters. The minimum absolute atomic E-state index is 0.376. The topological polar surface area (TPSA) is 29.3 Å². The quantitative estimate of drug-likeness (QED) is 0.770. The van der Waals surface area contributed by atoms with Gasteiger partial charge < -0.3 is 5.73 Å². The second-order valence-electron chi connectivity index (χ2n) is 4.13. The van der Waals surface area contributed by atoms with Crippen LogP contribution in [0.25, 0.3) is 0 Å². The van der Waals surface area contributed by atoms with Crippen LogP contribution in [-0.2, 0) is 0 Å². The molecule has 0 amide bonds. The molecular weight excluding hydrogens is 172 g/mol. The van der Waals surface area contributed by atoms with Crippen LogP contribution in [-0.4, -0.2) is 24.0 Å². The third-order valence-electron chi connectivity index (χ3n) is 3.09. The molecule has 2 atom stereocenters. The molecular formula is C12H18N2. The Kier molecular flexibility index (Phi) is 2.85. The molecule has 2 rings (SSSR count). The van der Waals surface area contributed by atoms with E-state index in [2.05, 4.69) is 42.2 Å². The number of hydrogen-bond acceptors (Lipinski definition) is 2. The number of rotatable bonds is 2. The molecule has 2 heteroatoms. The average molecular weight is 190 g/mol. The SMILES string of the molecule is C[C@@H](c1ccccc1)N1CC[C@@H](N)C1. The van der Waals surface area contributed by atoms with Gasteiger partial charge in [0.1, 0.15) is 0 Å². The third kappa shape index (κ3) is 1.97. The van der Waals surface area contributed by atoms with Gasteiger partial charge in [-0.3, -0.25) is 4.90 Å². The normalized spacial score (nSPS) is 25.1. The summed E-state index contributed by atoms with van der Waals surface area (Å²) in [5, 5.41) is 0. The highest BCUT2D eigenvalue weighted by Crippen LogP contribution is 2.23. The van der Waals surface area contributed by atoms with E-state index in [1.165, 1.54) is 5.56 Å². The summed E-state index contributed by atoms with van der Waals surface area (Å²) < 4.78 is 0. The van der Waals surface area contributed by atoms with Crippen molar-refractivity contribution in [2.75, 3.05) is 13.1 Å². The summed E-state index contributed by atoms with van der Waals surface area (Å²) in [6, 6.07) is 11.5. The summed E-state index contributed by atoms with van der Waals surface area (Å²) in [5.41, 5.74) is 7.29. The minimum Gasteiger partial charge on any atom is -0.326 e. The van der Waals surface area contributed by atoms with Gasteiger partial charge in [0, 0.05) is 25.2 Å². The zero-order valence-electron chi connectivity index (χ0n) is 8.69. The van der Waals surface area contributed by atoms with Crippen molar-refractivity contribution >= 4 is 0 Å². The maximum absolute atomic E-state index is 5.90. The highest BCUT2D eigenvalue weighted by Gasteiger charge is 2.23. The molecule has 1 heterocycles. The van der Waals surface area contributed by atoms with Gasteiger partial charge in [0.15, 0.2) is 0 Å². The van der Waals surface area contributed by atoms with Gasteiger partial charge in [0.2, 0.25) is 0 Å². The molecule has 0 aliphatic carbocycles. The van der Waals surface area contributed by atoms with Crippen molar-refractivity contribution in [2.24, 2.45) is 5.73 Å². The summed E-state index contributed by atoms with van der Waals surface area (Å²) in [6.07, 6.45) is 1.14. The molecule has 1 fully saturated rings. The van der Waals surface area contributed by atoms with Gasteiger partial charge in [-0.1, -0.05) is 30.3 Å². The first-order valence-corrected chi connectivity index (χ1v) is 5.32. The molecule has 1 aromatic carbocycles. The summed E-state index contributed by atoms with van der Waals surface area (Å²) in [4.78, 5) is 2.46. The third-order valence-corrected chi connectivity index (χ3v) is 3.09. The first kappa shape index (κ1) is 9.69. The van der Waals surface area contributed by atoms with Crippen molar-refractivity contribution in [1.82, 2.24) is 4.90 Å². The zero-order valence-corrected chi connectivity index (χ0v) is 8.69. The van der Waals surface area contributed by atoms with E-state index in [4.69, 9.17) is 5.73 Å². The van der Waals surface area contributed by atoms with Crippen LogP contribution in [0, 0.1) is 0 Å². The van der Waals surface area contributed by atoms with Crippen molar-refractivity contribution in [3.05, 3.63) is 35.9 Å². The van der Waals surface area contributed by atoms with Gasteiger partial charge >= 0.3 is 0 Å². The fourth-order valence-corrected chi connectivity index (χ4v) is 2.11. The zero-order chi connectivity index (χ0) is 9.97. The Hall–Kier alpha value is -0.860. The molecule has 2 N–H and O–H groups in total. The predicted octanol–water partition coefficient (Wildman–Crippen LogP) is 1.78. The Morgan fingerprint density at radius 1 is 1.36 bits per heavy atom. The van der Waals surface area contributed by atoms with E-state index >= 15 is 0 Å². The molecule has 1 saturated heterocycles. The Morgan fingerprint density at radius 3 is 2.64 bits per heavy atom. The van der Waals surface area contributed by atoms with Gasteiger partial charge in [-0.05, 0) is 18.9 Å². The fraction of sp³-hybridized carbons (Fsp3) is 0.500. The minimum atomic E-state index is 0.376. The Bertz CT molecular complexity index is 284. The number of hydrogen-bond donors (Lipinski definition) is 1. The van der Waals surface area contributed by atoms with Crippen molar-refractivity contribution in [2.45, 2.75) is 25.4 Å². The molecule has 0 spiro atoms. The molecule has 1 aliphatic rings. The molecule has 1 aliphatic heterocycles. The number of benzene rings is 1. The van der Waals surface area contributed by atoms with Crippen LogP contribution < -0.4 is 5.73 Å². The summed E-state index contributed by atoms with van der Waals surface area (Å²) in [6.45, 7) is 4.43. The molecule has 0 aromatic heterocycles. The lowest BCUT2D eigenvalue weighted by atomic mass is 10.1. The molecule has 1 aromatic rings. The molecule has 0 saturated carbocycles. The van der Waals surface area contributed by atoms with Crippen LogP contribution in [0.1, 0.15) is 24.9 Å². The summed E-state index contributed by atoms with van der Waals surface area (Å²) in [5.74, 6) is 0. The number of nitrogens with two attached hydrogens (primary N) is 1. The lowest BCUT2D eigenvalue weighted by Crippen LogP contribution is -2.28. The first-order valence-electron chi connectivity index (χ1n) is 5.32. The van der Waals surface area contributed by atoms with E-state index in [0.717, 1.165) is 19.5 Å². The predicted molar refractivity (Wildman–Crippen MR) is 59.0 cm³/mol. The smallest absolute Gasteiger partial charge is 0.0320 e. The highest BCUT2D eigenvalue weighted by molar-refractivity contribution is 5.18. The molecule has 0 radical (unpaired) electrons. The molecule has 2 nitrogen and oxygen atoms in total. The van der Waals surface area contributed by atoms with Gasteiger partial charge in [0.25, 0.3) is 0 Å². The second-order valence-corrected chi connectivity index (χ2v) is 4.13. The van der Waals surface area contributed by atoms with Crippen LogP contribution in [0.3, 0.4) is 0 Å². The van der Waals surface area contributed by atoms with Crippen molar-refractivity contribution in [3.8, 4) is 0 Å². The standard InChI is InChI=1S/C12H18N2/c1-10(11-5-3-2-4-6-11)14-8-7-12(13)9-14/h2-6,10,12H,7-9,13H2,1H3/t10-,12+/m0/s1. The van der Waals surface area contributed by atoms with Crippen molar-refractivity contribution in [1.29, 1.82) is 0 Å². The molecule has 76 valence electrons. The van der Waals surface area contributed by atoms with Gasteiger partial charge in [-0.25, -0.2) is 0 Å². The van der Waals surface area contributed by atoms with E-state index < -0.39 is 0 Å². The monoisotopic (exact) mass is 190 g/mol. The Morgan fingerprint density at radius 2 is 2.07 bits per heavy atom. The van der Waals surface area contributed by atoms with Crippen LogP contribution in [0.4, 0.5) is 0 Å². The van der Waals surface area contributed by atoms with E-state index in [1.807, 2.05) is 0 Å². The molecule has 0 bridgehead atoms. The van der Waals surface area contributed by atoms with Crippen LogP contribution in [0.5, 0.6) is 0 Å². The van der Waals surface area contributed by atoms with E-state index in [1.54, 1.807) is 0 Å². The lowest BCUT2D eigenvalue weighted by Gasteiger charge is -2.24. The number of likely N-dealkylation sites (tertiary alicyclic amines) is 1. The first-order chi connectivity index (χ1) is 6.77. The van der Waals surface area contributed by atoms with Crippen LogP contribution in [0.2, 0.25) is 0 Å². The summed E-state index contributed by atoms with van der Waals surface area (Å²) in [7, 11) is 0. The van der Waals surface area contributed by atoms with Crippen LogP contribution in [0.15, 0.2) is 30.3 Å². The lowest BCUT2D eigenvalue weighted by molar-refractivity contribution is 0.260. The Labute approximate surface area is 85.7 Å². The maximum Gasteiger partial charge on any atom is 0.0320 e. The van der Waals surface area contributed by atoms with Gasteiger partial charge in [-0.15, -0.1) is 0 Å². The van der Waals surface area contributed by atoms with Gasteiger partial charge in [-0.2, -0.15) is 0 Å². The molecule has 14 heavy (non-hydrogen) atoms. The fourth-order valence-electron chi connectivity index (χ4n) is 2.11. The number of nitrogens with zero attached hydrogens (tertiary/aromatic N) is 1. The largest absolute Gasteiger partial charge is 0.326 e. The van der Waals surface area contributed by atoms with Crippen molar-refractivity contribution in [3.63, 3.8) is 0 Å². The van der Waals surface area contributed by atoms with Gasteiger partial charge in [0.05, 0.1) is 0 Å². The van der Waals surface area contributed by atoms with E-state index in [9.17, 15) is 0 Å².